The van der Waals surface area contributed by atoms with Crippen LogP contribution in [-0.4, -0.2) is 0 Å². The van der Waals surface area contributed by atoms with E-state index >= 15 is 0 Å². The lowest BCUT2D eigenvalue weighted by Gasteiger charge is -2.02. The summed E-state index contributed by atoms with van der Waals surface area (Å²) in [6.45, 7) is 4.43. The van der Waals surface area contributed by atoms with Crippen LogP contribution in [0.5, 0.6) is 0 Å². The van der Waals surface area contributed by atoms with Crippen molar-refractivity contribution in [2.75, 3.05) is 0 Å². The van der Waals surface area contributed by atoms with Gasteiger partial charge in [-0.2, -0.15) is 0 Å². The zero-order valence-electron chi connectivity index (χ0n) is 14.5. The fourth-order valence-electron chi connectivity index (χ4n) is 2.64. The topological polar surface area (TPSA) is 0 Å². The van der Waals surface area contributed by atoms with Crippen molar-refractivity contribution >= 4 is 0 Å². The molecule has 0 aromatic heterocycles. The highest BCUT2D eigenvalue weighted by atomic mass is 14.0. The van der Waals surface area contributed by atoms with Crippen LogP contribution < -0.4 is 0 Å². The summed E-state index contributed by atoms with van der Waals surface area (Å²) in [4.78, 5) is 0. The maximum atomic E-state index is 3.27. The third-order valence-corrected chi connectivity index (χ3v) is 4.13. The number of benzene rings is 2. The summed E-state index contributed by atoms with van der Waals surface area (Å²) < 4.78 is 0. The molecule has 0 spiro atoms. The summed E-state index contributed by atoms with van der Waals surface area (Å²) in [6.07, 6.45) is 8.82. The Morgan fingerprint density at radius 3 is 2.26 bits per heavy atom. The molecule has 0 aliphatic rings. The number of unbranched alkanes of at least 4 members (excludes halogenated alkanes) is 4. The van der Waals surface area contributed by atoms with Gasteiger partial charge in [-0.25, -0.2) is 0 Å². The van der Waals surface area contributed by atoms with Crippen molar-refractivity contribution in [2.24, 2.45) is 0 Å². The van der Waals surface area contributed by atoms with Crippen LogP contribution in [0.25, 0.3) is 0 Å². The SMILES string of the molecule is CCCCCCCc1c[c]cc(C#Cc2ccc(CC)cc2)c1. The van der Waals surface area contributed by atoms with E-state index in [1.54, 1.807) is 0 Å². The summed E-state index contributed by atoms with van der Waals surface area (Å²) in [5.74, 6) is 6.52. The Morgan fingerprint density at radius 1 is 0.783 bits per heavy atom. The van der Waals surface area contributed by atoms with Crippen molar-refractivity contribution < 1.29 is 0 Å². The minimum atomic E-state index is 1.07. The Bertz CT molecular complexity index is 638. The second kappa shape index (κ2) is 9.90. The first-order valence-corrected chi connectivity index (χ1v) is 8.92. The third kappa shape index (κ3) is 6.33. The fraction of sp³-hybridized carbons (Fsp3) is 0.391. The summed E-state index contributed by atoms with van der Waals surface area (Å²) in [5, 5.41) is 0. The molecule has 0 N–H and O–H groups in total. The van der Waals surface area contributed by atoms with Crippen LogP contribution in [0.4, 0.5) is 0 Å². The highest BCUT2D eigenvalue weighted by Gasteiger charge is 1.96. The quantitative estimate of drug-likeness (QED) is 0.437. The van der Waals surface area contributed by atoms with Crippen molar-refractivity contribution in [1.82, 2.24) is 0 Å². The highest BCUT2D eigenvalue weighted by Crippen LogP contribution is 2.11. The fourth-order valence-corrected chi connectivity index (χ4v) is 2.64. The zero-order chi connectivity index (χ0) is 16.3. The van der Waals surface area contributed by atoms with Crippen LogP contribution in [0, 0.1) is 17.9 Å². The summed E-state index contributed by atoms with van der Waals surface area (Å²) in [5.41, 5.74) is 4.85. The molecule has 0 fully saturated rings. The molecule has 0 nitrogen and oxygen atoms in total. The van der Waals surface area contributed by atoms with E-state index in [9.17, 15) is 0 Å². The van der Waals surface area contributed by atoms with E-state index in [2.05, 4.69) is 68.2 Å². The van der Waals surface area contributed by atoms with Gasteiger partial charge in [-0.05, 0) is 60.7 Å². The van der Waals surface area contributed by atoms with E-state index in [0.717, 1.165) is 24.0 Å². The van der Waals surface area contributed by atoms with E-state index < -0.39 is 0 Å². The van der Waals surface area contributed by atoms with E-state index in [0.29, 0.717) is 0 Å². The second-order valence-electron chi connectivity index (χ2n) is 6.09. The lowest BCUT2D eigenvalue weighted by molar-refractivity contribution is 0.632. The van der Waals surface area contributed by atoms with E-state index in [1.807, 2.05) is 6.07 Å². The molecule has 2 aromatic rings. The van der Waals surface area contributed by atoms with Gasteiger partial charge in [0, 0.05) is 11.1 Å². The van der Waals surface area contributed by atoms with Gasteiger partial charge in [0.2, 0.25) is 0 Å². The number of hydrogen-bond donors (Lipinski definition) is 0. The van der Waals surface area contributed by atoms with E-state index in [4.69, 9.17) is 0 Å². The molecule has 0 heteroatoms. The summed E-state index contributed by atoms with van der Waals surface area (Å²) in [6, 6.07) is 18.0. The van der Waals surface area contributed by atoms with Gasteiger partial charge in [0.15, 0.2) is 0 Å². The first-order valence-electron chi connectivity index (χ1n) is 8.92. The van der Waals surface area contributed by atoms with Crippen molar-refractivity contribution in [1.29, 1.82) is 0 Å². The minimum absolute atomic E-state index is 1.07. The van der Waals surface area contributed by atoms with Gasteiger partial charge in [0.1, 0.15) is 0 Å². The van der Waals surface area contributed by atoms with Gasteiger partial charge >= 0.3 is 0 Å². The first-order chi connectivity index (χ1) is 11.3. The molecule has 0 atom stereocenters. The molecule has 23 heavy (non-hydrogen) atoms. The lowest BCUT2D eigenvalue weighted by Crippen LogP contribution is -1.87. The maximum absolute atomic E-state index is 3.27. The Balaban J connectivity index is 1.93. The van der Waals surface area contributed by atoms with Crippen LogP contribution in [0.15, 0.2) is 42.5 Å². The molecular weight excluding hydrogens is 276 g/mol. The molecule has 0 saturated carbocycles. The number of rotatable bonds is 7. The predicted molar refractivity (Wildman–Crippen MR) is 99.5 cm³/mol. The van der Waals surface area contributed by atoms with Gasteiger partial charge in [0.05, 0.1) is 0 Å². The smallest absolute Gasteiger partial charge is 0.0257 e. The van der Waals surface area contributed by atoms with Crippen molar-refractivity contribution in [3.05, 3.63) is 70.8 Å². The Kier molecular flexibility index (Phi) is 7.47. The molecule has 0 unspecified atom stereocenters. The molecule has 0 heterocycles. The van der Waals surface area contributed by atoms with Crippen LogP contribution in [0.2, 0.25) is 0 Å². The number of aryl methyl sites for hydroxylation is 2. The highest BCUT2D eigenvalue weighted by molar-refractivity contribution is 5.44. The minimum Gasteiger partial charge on any atom is -0.0654 e. The lowest BCUT2D eigenvalue weighted by atomic mass is 10.0. The molecule has 1 radical (unpaired) electrons. The molecule has 0 saturated heterocycles. The largest absolute Gasteiger partial charge is 0.0654 e. The van der Waals surface area contributed by atoms with Crippen molar-refractivity contribution in [3.63, 3.8) is 0 Å². The van der Waals surface area contributed by atoms with E-state index in [-0.39, 0.29) is 0 Å². The van der Waals surface area contributed by atoms with E-state index in [1.165, 1.54) is 43.2 Å². The van der Waals surface area contributed by atoms with Crippen LogP contribution >= 0.6 is 0 Å². The second-order valence-corrected chi connectivity index (χ2v) is 6.09. The van der Waals surface area contributed by atoms with Gasteiger partial charge in [-0.1, -0.05) is 69.6 Å². The predicted octanol–water partition coefficient (Wildman–Crippen LogP) is 5.96. The molecule has 119 valence electrons. The average molecular weight is 303 g/mol. The van der Waals surface area contributed by atoms with Gasteiger partial charge in [0.25, 0.3) is 0 Å². The third-order valence-electron chi connectivity index (χ3n) is 4.13. The zero-order valence-corrected chi connectivity index (χ0v) is 14.5. The monoisotopic (exact) mass is 303 g/mol. The molecule has 2 rings (SSSR count). The average Bonchev–Trinajstić information content (AvgIpc) is 2.60. The van der Waals surface area contributed by atoms with Gasteiger partial charge in [-0.3, -0.25) is 0 Å². The molecule has 0 aliphatic carbocycles. The maximum Gasteiger partial charge on any atom is 0.0257 e. The van der Waals surface area contributed by atoms with Crippen LogP contribution in [0.3, 0.4) is 0 Å². The normalized spacial score (nSPS) is 10.2. The molecular formula is C23H27. The Morgan fingerprint density at radius 2 is 1.52 bits per heavy atom. The molecule has 0 bridgehead atoms. The molecule has 0 amide bonds. The first kappa shape index (κ1) is 17.4. The van der Waals surface area contributed by atoms with Crippen molar-refractivity contribution in [2.45, 2.75) is 58.8 Å². The molecule has 0 aliphatic heterocycles. The standard InChI is InChI=1S/C23H27/c1-3-5-6-7-8-10-22-11-9-12-23(19-22)18-17-21-15-13-20(4-2)14-16-21/h11-16,19H,3-8,10H2,1-2H3. The van der Waals surface area contributed by atoms with Gasteiger partial charge < -0.3 is 0 Å². The summed E-state index contributed by atoms with van der Waals surface area (Å²) in [7, 11) is 0. The Hall–Kier alpha value is -2.00. The Labute approximate surface area is 142 Å². The van der Waals surface area contributed by atoms with Crippen molar-refractivity contribution in [3.8, 4) is 11.8 Å². The summed E-state index contributed by atoms with van der Waals surface area (Å²) >= 11 is 0. The van der Waals surface area contributed by atoms with Crippen LogP contribution in [0.1, 0.15) is 68.2 Å². The number of hydrogen-bond acceptors (Lipinski definition) is 0. The van der Waals surface area contributed by atoms with Gasteiger partial charge in [-0.15, -0.1) is 0 Å². The van der Waals surface area contributed by atoms with Crippen LogP contribution in [-0.2, 0) is 12.8 Å². The molecule has 2 aromatic carbocycles.